The molecule has 0 N–H and O–H groups in total. The number of fused-ring (bicyclic) bond motifs is 6. The monoisotopic (exact) mass is 264 g/mol. The largest absolute Gasteiger partial charge is 0.299 e. The van der Waals surface area contributed by atoms with E-state index < -0.39 is 0 Å². The first-order chi connectivity index (χ1) is 9.69. The topological polar surface area (TPSA) is 34.1 Å². The molecule has 4 rings (SSSR count). The third-order valence-electron chi connectivity index (χ3n) is 3.62. The van der Waals surface area contributed by atoms with Gasteiger partial charge in [-0.05, 0) is 22.3 Å². The minimum atomic E-state index is 0.209. The normalized spacial score (nSPS) is 15.4. The summed E-state index contributed by atoms with van der Waals surface area (Å²) in [6, 6.07) is 15.6. The molecule has 2 aliphatic rings. The molecule has 0 heterocycles. The summed E-state index contributed by atoms with van der Waals surface area (Å²) < 4.78 is 0. The second-order valence-electron chi connectivity index (χ2n) is 5.42. The van der Waals surface area contributed by atoms with Gasteiger partial charge in [-0.3, -0.25) is 9.59 Å². The van der Waals surface area contributed by atoms with Crippen molar-refractivity contribution >= 4 is 11.6 Å². The van der Waals surface area contributed by atoms with Crippen molar-refractivity contribution in [1.29, 1.82) is 0 Å². The molecule has 0 saturated carbocycles. The maximum atomic E-state index is 12.1. The molecule has 0 saturated heterocycles. The number of benzene rings is 2. The van der Waals surface area contributed by atoms with Crippen LogP contribution in [0.4, 0.5) is 0 Å². The molecule has 2 aromatic rings. The van der Waals surface area contributed by atoms with E-state index in [1.807, 2.05) is 48.5 Å². The maximum Gasteiger partial charge on any atom is 0.141 e. The SMILES string of the molecule is O=C1Cc2ccc(cc2)CC(=O)Cc2cccc(c2)C1. The van der Waals surface area contributed by atoms with Crippen molar-refractivity contribution in [2.45, 2.75) is 25.7 Å². The molecule has 0 spiro atoms. The second-order valence-corrected chi connectivity index (χ2v) is 5.42. The summed E-state index contributed by atoms with van der Waals surface area (Å²) in [6.45, 7) is 0. The van der Waals surface area contributed by atoms with Gasteiger partial charge in [0, 0.05) is 25.7 Å². The zero-order valence-corrected chi connectivity index (χ0v) is 11.3. The smallest absolute Gasteiger partial charge is 0.141 e. The highest BCUT2D eigenvalue weighted by atomic mass is 16.1. The quantitative estimate of drug-likeness (QED) is 0.733. The van der Waals surface area contributed by atoms with Gasteiger partial charge in [0.2, 0.25) is 0 Å². The molecule has 2 aliphatic carbocycles. The fraction of sp³-hybridized carbons (Fsp3) is 0.222. The van der Waals surface area contributed by atoms with Gasteiger partial charge in [0.1, 0.15) is 11.6 Å². The van der Waals surface area contributed by atoms with Crippen molar-refractivity contribution in [2.24, 2.45) is 0 Å². The van der Waals surface area contributed by atoms with Gasteiger partial charge in [-0.15, -0.1) is 0 Å². The number of ketones is 2. The highest BCUT2D eigenvalue weighted by Crippen LogP contribution is 2.13. The van der Waals surface area contributed by atoms with Crippen LogP contribution in [0.3, 0.4) is 0 Å². The van der Waals surface area contributed by atoms with Crippen molar-refractivity contribution in [3.8, 4) is 0 Å². The van der Waals surface area contributed by atoms with E-state index in [0.29, 0.717) is 25.7 Å². The highest BCUT2D eigenvalue weighted by Gasteiger charge is 2.10. The van der Waals surface area contributed by atoms with Gasteiger partial charge >= 0.3 is 0 Å². The number of carbonyl (C=O) groups is 2. The van der Waals surface area contributed by atoms with E-state index in [1.54, 1.807) is 0 Å². The summed E-state index contributed by atoms with van der Waals surface area (Å²) in [7, 11) is 0. The number of rotatable bonds is 0. The van der Waals surface area contributed by atoms with E-state index in [9.17, 15) is 9.59 Å². The lowest BCUT2D eigenvalue weighted by Gasteiger charge is -2.04. The lowest BCUT2D eigenvalue weighted by atomic mass is 10.0. The van der Waals surface area contributed by atoms with E-state index in [0.717, 1.165) is 22.3 Å². The van der Waals surface area contributed by atoms with Gasteiger partial charge in [-0.1, -0.05) is 48.5 Å². The van der Waals surface area contributed by atoms with Crippen molar-refractivity contribution in [3.05, 3.63) is 70.8 Å². The van der Waals surface area contributed by atoms with E-state index in [1.165, 1.54) is 0 Å². The summed E-state index contributed by atoms with van der Waals surface area (Å²) in [4.78, 5) is 24.2. The number of hydrogen-bond donors (Lipinski definition) is 0. The predicted octanol–water partition coefficient (Wildman–Crippen LogP) is 2.71. The zero-order chi connectivity index (χ0) is 13.9. The molecular formula is C18H16O2. The number of carbonyl (C=O) groups excluding carboxylic acids is 2. The van der Waals surface area contributed by atoms with Crippen LogP contribution in [0.25, 0.3) is 0 Å². The lowest BCUT2D eigenvalue weighted by molar-refractivity contribution is -0.118. The molecule has 0 aliphatic heterocycles. The molecule has 0 radical (unpaired) electrons. The molecule has 4 bridgehead atoms. The van der Waals surface area contributed by atoms with Gasteiger partial charge in [0.15, 0.2) is 0 Å². The molecular weight excluding hydrogens is 248 g/mol. The van der Waals surface area contributed by atoms with Gasteiger partial charge in [-0.25, -0.2) is 0 Å². The highest BCUT2D eigenvalue weighted by molar-refractivity contribution is 5.85. The van der Waals surface area contributed by atoms with E-state index in [2.05, 4.69) is 0 Å². The summed E-state index contributed by atoms with van der Waals surface area (Å²) in [6.07, 6.45) is 1.78. The van der Waals surface area contributed by atoms with Crippen LogP contribution in [0.5, 0.6) is 0 Å². The first-order valence-electron chi connectivity index (χ1n) is 6.88. The van der Waals surface area contributed by atoms with Crippen LogP contribution in [0.1, 0.15) is 22.3 Å². The first kappa shape index (κ1) is 12.8. The molecule has 0 atom stereocenters. The van der Waals surface area contributed by atoms with Crippen molar-refractivity contribution < 1.29 is 9.59 Å². The van der Waals surface area contributed by atoms with Crippen LogP contribution < -0.4 is 0 Å². The van der Waals surface area contributed by atoms with Crippen LogP contribution in [0, 0.1) is 0 Å². The molecule has 2 nitrogen and oxygen atoms in total. The third kappa shape index (κ3) is 3.02. The van der Waals surface area contributed by atoms with E-state index >= 15 is 0 Å². The molecule has 20 heavy (non-hydrogen) atoms. The lowest BCUT2D eigenvalue weighted by Crippen LogP contribution is -2.07. The van der Waals surface area contributed by atoms with Gasteiger partial charge in [-0.2, -0.15) is 0 Å². The Morgan fingerprint density at radius 3 is 1.40 bits per heavy atom. The molecule has 0 amide bonds. The average molecular weight is 264 g/mol. The Hall–Kier alpha value is -2.22. The van der Waals surface area contributed by atoms with Crippen LogP contribution in [0.2, 0.25) is 0 Å². The fourth-order valence-electron chi connectivity index (χ4n) is 2.66. The van der Waals surface area contributed by atoms with Crippen molar-refractivity contribution in [2.75, 3.05) is 0 Å². The second kappa shape index (κ2) is 5.41. The van der Waals surface area contributed by atoms with Gasteiger partial charge in [0.25, 0.3) is 0 Å². The van der Waals surface area contributed by atoms with Crippen LogP contribution in [-0.4, -0.2) is 11.6 Å². The maximum absolute atomic E-state index is 12.1. The van der Waals surface area contributed by atoms with E-state index in [-0.39, 0.29) is 11.6 Å². The minimum Gasteiger partial charge on any atom is -0.299 e. The third-order valence-corrected chi connectivity index (χ3v) is 3.62. The van der Waals surface area contributed by atoms with Gasteiger partial charge < -0.3 is 0 Å². The Kier molecular flexibility index (Phi) is 3.46. The summed E-state index contributed by atoms with van der Waals surface area (Å²) >= 11 is 0. The van der Waals surface area contributed by atoms with Crippen molar-refractivity contribution in [1.82, 2.24) is 0 Å². The first-order valence-corrected chi connectivity index (χ1v) is 6.88. The van der Waals surface area contributed by atoms with Crippen LogP contribution in [-0.2, 0) is 35.3 Å². The summed E-state index contributed by atoms with van der Waals surface area (Å²) in [5.74, 6) is 0.418. The summed E-state index contributed by atoms with van der Waals surface area (Å²) in [5.41, 5.74) is 4.02. The fourth-order valence-corrected chi connectivity index (χ4v) is 2.66. The zero-order valence-electron chi connectivity index (χ0n) is 11.3. The van der Waals surface area contributed by atoms with Crippen LogP contribution >= 0.6 is 0 Å². The Labute approximate surface area is 118 Å². The Morgan fingerprint density at radius 1 is 0.550 bits per heavy atom. The summed E-state index contributed by atoms with van der Waals surface area (Å²) in [5, 5.41) is 0. The molecule has 0 unspecified atom stereocenters. The predicted molar refractivity (Wildman–Crippen MR) is 77.7 cm³/mol. The van der Waals surface area contributed by atoms with Crippen molar-refractivity contribution in [3.63, 3.8) is 0 Å². The number of Topliss-reactive ketones (excluding diaryl/α,β-unsaturated/α-hetero) is 2. The molecule has 0 aromatic heterocycles. The standard InChI is InChI=1S/C18H16O2/c19-17-9-13-4-6-14(7-5-13)10-18(20)12-16-3-1-2-15(8-16)11-17/h1-8H,9-12H2. The Bertz CT molecular complexity index is 599. The van der Waals surface area contributed by atoms with E-state index in [4.69, 9.17) is 0 Å². The van der Waals surface area contributed by atoms with Crippen LogP contribution in [0.15, 0.2) is 48.5 Å². The van der Waals surface area contributed by atoms with Gasteiger partial charge in [0.05, 0.1) is 0 Å². The molecule has 0 fully saturated rings. The number of hydrogen-bond acceptors (Lipinski definition) is 2. The minimum absolute atomic E-state index is 0.209. The molecule has 100 valence electrons. The average Bonchev–Trinajstić information content (AvgIpc) is 2.41. The Balaban J connectivity index is 1.97. The molecule has 2 heteroatoms. The Morgan fingerprint density at radius 2 is 0.950 bits per heavy atom. The molecule has 2 aromatic carbocycles.